The molecule has 7 heteroatoms. The SMILES string of the molecule is COc1c(C)c2c(c(O)c1C/C=C(\C)CCC(=O)Nc1ccc3cc[nH]c3c1)C(=O)OC2. The van der Waals surface area contributed by atoms with Crippen molar-refractivity contribution >= 4 is 28.5 Å². The topological polar surface area (TPSA) is 101 Å². The predicted octanol–water partition coefficient (Wildman–Crippen LogP) is 4.77. The Hall–Kier alpha value is -3.74. The number of aromatic hydroxyl groups is 1. The molecule has 166 valence electrons. The van der Waals surface area contributed by atoms with E-state index < -0.39 is 5.97 Å². The Morgan fingerprint density at radius 3 is 2.91 bits per heavy atom. The number of hydrogen-bond acceptors (Lipinski definition) is 5. The Balaban J connectivity index is 1.41. The molecule has 0 spiro atoms. The molecular formula is C25H26N2O5. The first kappa shape index (κ1) is 21.5. The van der Waals surface area contributed by atoms with E-state index in [2.05, 4.69) is 10.3 Å². The minimum atomic E-state index is -0.514. The van der Waals surface area contributed by atoms with Crippen LogP contribution in [-0.2, 0) is 22.6 Å². The molecule has 3 aromatic rings. The molecule has 1 aromatic heterocycles. The summed E-state index contributed by atoms with van der Waals surface area (Å²) in [5.74, 6) is -0.118. The molecule has 0 atom stereocenters. The molecule has 0 saturated carbocycles. The lowest BCUT2D eigenvalue weighted by molar-refractivity contribution is -0.116. The molecule has 0 saturated heterocycles. The van der Waals surface area contributed by atoms with E-state index in [0.717, 1.165) is 27.7 Å². The second-order valence-electron chi connectivity index (χ2n) is 8.00. The summed E-state index contributed by atoms with van der Waals surface area (Å²) in [6.07, 6.45) is 5.10. The van der Waals surface area contributed by atoms with Gasteiger partial charge in [0.05, 0.1) is 7.11 Å². The summed E-state index contributed by atoms with van der Waals surface area (Å²) < 4.78 is 10.6. The Bertz CT molecular complexity index is 1240. The Morgan fingerprint density at radius 2 is 2.12 bits per heavy atom. The number of amides is 1. The Labute approximate surface area is 186 Å². The van der Waals surface area contributed by atoms with Gasteiger partial charge in [-0.05, 0) is 55.8 Å². The van der Waals surface area contributed by atoms with E-state index in [-0.39, 0.29) is 23.8 Å². The van der Waals surface area contributed by atoms with E-state index in [4.69, 9.17) is 9.47 Å². The third-order valence-electron chi connectivity index (χ3n) is 5.89. The zero-order valence-electron chi connectivity index (χ0n) is 18.4. The smallest absolute Gasteiger partial charge is 0.342 e. The number of hydrogen-bond donors (Lipinski definition) is 3. The largest absolute Gasteiger partial charge is 0.507 e. The van der Waals surface area contributed by atoms with Gasteiger partial charge in [-0.2, -0.15) is 0 Å². The summed E-state index contributed by atoms with van der Waals surface area (Å²) in [5, 5.41) is 14.7. The molecule has 7 nitrogen and oxygen atoms in total. The number of fused-ring (bicyclic) bond motifs is 2. The number of H-pyrrole nitrogens is 1. The molecular weight excluding hydrogens is 408 g/mol. The van der Waals surface area contributed by atoms with Gasteiger partial charge >= 0.3 is 5.97 Å². The van der Waals surface area contributed by atoms with Crippen LogP contribution in [-0.4, -0.2) is 29.1 Å². The number of rotatable bonds is 7. The number of ether oxygens (including phenoxy) is 2. The first-order valence-corrected chi connectivity index (χ1v) is 10.5. The average molecular weight is 434 g/mol. The van der Waals surface area contributed by atoms with Crippen molar-refractivity contribution in [2.24, 2.45) is 0 Å². The molecule has 0 fully saturated rings. The van der Waals surface area contributed by atoms with Gasteiger partial charge in [-0.15, -0.1) is 0 Å². The summed E-state index contributed by atoms with van der Waals surface area (Å²) in [4.78, 5) is 27.5. The summed E-state index contributed by atoms with van der Waals surface area (Å²) in [7, 11) is 1.54. The van der Waals surface area contributed by atoms with Gasteiger partial charge in [-0.3, -0.25) is 4.79 Å². The van der Waals surface area contributed by atoms with Gasteiger partial charge in [0.2, 0.25) is 5.91 Å². The number of phenols is 1. The van der Waals surface area contributed by atoms with Crippen LogP contribution in [0.2, 0.25) is 0 Å². The monoisotopic (exact) mass is 434 g/mol. The number of anilines is 1. The number of aromatic amines is 1. The van der Waals surface area contributed by atoms with Crippen LogP contribution in [0.1, 0.15) is 46.8 Å². The van der Waals surface area contributed by atoms with Crippen molar-refractivity contribution in [3.63, 3.8) is 0 Å². The number of benzene rings is 2. The molecule has 3 N–H and O–H groups in total. The van der Waals surface area contributed by atoms with Gasteiger partial charge in [0.25, 0.3) is 0 Å². The lowest BCUT2D eigenvalue weighted by Gasteiger charge is -2.15. The number of allylic oxidation sites excluding steroid dienone is 2. The van der Waals surface area contributed by atoms with Crippen molar-refractivity contribution in [2.75, 3.05) is 12.4 Å². The number of phenolic OH excluding ortho intramolecular Hbond substituents is 1. The number of carbonyl (C=O) groups is 2. The Kier molecular flexibility index (Phi) is 5.90. The third kappa shape index (κ3) is 4.06. The van der Waals surface area contributed by atoms with Gasteiger partial charge in [-0.25, -0.2) is 4.79 Å². The number of methoxy groups -OCH3 is 1. The number of cyclic esters (lactones) is 1. The number of carbonyl (C=O) groups excluding carboxylic acids is 2. The lowest BCUT2D eigenvalue weighted by Crippen LogP contribution is -2.11. The van der Waals surface area contributed by atoms with Crippen LogP contribution in [0.25, 0.3) is 10.9 Å². The highest BCUT2D eigenvalue weighted by atomic mass is 16.5. The summed E-state index contributed by atoms with van der Waals surface area (Å²) in [5.41, 5.74) is 4.96. The second-order valence-corrected chi connectivity index (χ2v) is 8.00. The highest BCUT2D eigenvalue weighted by molar-refractivity contribution is 5.98. The van der Waals surface area contributed by atoms with Gasteiger partial charge in [0.15, 0.2) is 0 Å². The maximum atomic E-state index is 12.4. The van der Waals surface area contributed by atoms with Gasteiger partial charge < -0.3 is 24.9 Å². The van der Waals surface area contributed by atoms with Gasteiger partial charge in [0.1, 0.15) is 23.7 Å². The molecule has 1 aliphatic heterocycles. The molecule has 0 unspecified atom stereocenters. The van der Waals surface area contributed by atoms with Crippen LogP contribution in [0.15, 0.2) is 42.1 Å². The van der Waals surface area contributed by atoms with E-state index in [0.29, 0.717) is 36.1 Å². The highest BCUT2D eigenvalue weighted by Gasteiger charge is 2.31. The van der Waals surface area contributed by atoms with E-state index in [1.807, 2.05) is 50.4 Å². The van der Waals surface area contributed by atoms with E-state index in [9.17, 15) is 14.7 Å². The van der Waals surface area contributed by atoms with Crippen molar-refractivity contribution in [1.82, 2.24) is 4.98 Å². The molecule has 32 heavy (non-hydrogen) atoms. The fourth-order valence-corrected chi connectivity index (χ4v) is 4.07. The average Bonchev–Trinajstić information content (AvgIpc) is 3.40. The first-order valence-electron chi connectivity index (χ1n) is 10.5. The van der Waals surface area contributed by atoms with Gasteiger partial charge in [0, 0.05) is 34.9 Å². The molecule has 4 rings (SSSR count). The van der Waals surface area contributed by atoms with Gasteiger partial charge in [-0.1, -0.05) is 17.7 Å². The maximum Gasteiger partial charge on any atom is 0.342 e. The normalized spacial score (nSPS) is 13.2. The van der Waals surface area contributed by atoms with E-state index in [1.165, 1.54) is 0 Å². The van der Waals surface area contributed by atoms with E-state index >= 15 is 0 Å². The lowest BCUT2D eigenvalue weighted by atomic mass is 9.94. The number of nitrogens with one attached hydrogen (secondary N) is 2. The predicted molar refractivity (Wildman–Crippen MR) is 122 cm³/mol. The first-order chi connectivity index (χ1) is 15.4. The standard InChI is InChI=1S/C25H26N2O5/c1-14(5-9-21(28)27-17-7-6-16-10-11-26-20(16)12-17)4-8-18-23(29)22-19(13-32-25(22)30)15(2)24(18)31-3/h4,6-7,10-12,26,29H,5,8-9,13H2,1-3H3,(H,27,28)/b14-4+. The zero-order chi connectivity index (χ0) is 22.8. The van der Waals surface area contributed by atoms with Crippen LogP contribution in [0.5, 0.6) is 11.5 Å². The molecule has 2 aromatic carbocycles. The zero-order valence-corrected chi connectivity index (χ0v) is 18.4. The van der Waals surface area contributed by atoms with Crippen molar-refractivity contribution in [3.05, 3.63) is 64.4 Å². The quantitative estimate of drug-likeness (QED) is 0.367. The van der Waals surface area contributed by atoms with Crippen LogP contribution < -0.4 is 10.1 Å². The highest BCUT2D eigenvalue weighted by Crippen LogP contribution is 2.42. The van der Waals surface area contributed by atoms with Crippen molar-refractivity contribution in [3.8, 4) is 11.5 Å². The van der Waals surface area contributed by atoms with Crippen LogP contribution in [0, 0.1) is 6.92 Å². The minimum absolute atomic E-state index is 0.0693. The fourth-order valence-electron chi connectivity index (χ4n) is 4.07. The Morgan fingerprint density at radius 1 is 1.31 bits per heavy atom. The number of esters is 1. The third-order valence-corrected chi connectivity index (χ3v) is 5.89. The van der Waals surface area contributed by atoms with E-state index in [1.54, 1.807) is 7.11 Å². The maximum absolute atomic E-state index is 12.4. The van der Waals surface area contributed by atoms with Crippen LogP contribution in [0.3, 0.4) is 0 Å². The van der Waals surface area contributed by atoms with Crippen molar-refractivity contribution in [2.45, 2.75) is 39.7 Å². The molecule has 0 aliphatic carbocycles. The molecule has 1 amide bonds. The minimum Gasteiger partial charge on any atom is -0.507 e. The molecule has 2 heterocycles. The molecule has 1 aliphatic rings. The van der Waals surface area contributed by atoms with Crippen LogP contribution in [0.4, 0.5) is 5.69 Å². The van der Waals surface area contributed by atoms with Crippen molar-refractivity contribution < 1.29 is 24.2 Å². The summed E-state index contributed by atoms with van der Waals surface area (Å²) >= 11 is 0. The summed E-state index contributed by atoms with van der Waals surface area (Å²) in [6, 6.07) is 7.73. The second kappa shape index (κ2) is 8.78. The molecule has 0 radical (unpaired) electrons. The van der Waals surface area contributed by atoms with Crippen LogP contribution >= 0.6 is 0 Å². The summed E-state index contributed by atoms with van der Waals surface area (Å²) in [6.45, 7) is 3.94. The fraction of sp³-hybridized carbons (Fsp3) is 0.280. The van der Waals surface area contributed by atoms with Crippen molar-refractivity contribution in [1.29, 1.82) is 0 Å². The number of aromatic nitrogens is 1. The molecule has 0 bridgehead atoms.